The zero-order valence-electron chi connectivity index (χ0n) is 9.29. The molecular weight excluding hydrogens is 190 g/mol. The molecule has 15 heavy (non-hydrogen) atoms. The molecule has 0 spiro atoms. The number of hydrogen-bond donors (Lipinski definition) is 1. The van der Waals surface area contributed by atoms with E-state index in [1.165, 1.54) is 19.3 Å². The third-order valence-electron chi connectivity index (χ3n) is 4.01. The van der Waals surface area contributed by atoms with E-state index in [2.05, 4.69) is 22.4 Å². The summed E-state index contributed by atoms with van der Waals surface area (Å²) < 4.78 is 5.36. The largest absolute Gasteiger partial charge is 0.339 e. The summed E-state index contributed by atoms with van der Waals surface area (Å²) in [6, 6.07) is 0.516. The zero-order valence-corrected chi connectivity index (χ0v) is 9.29. The van der Waals surface area contributed by atoms with Crippen LogP contribution in [0.25, 0.3) is 0 Å². The molecule has 82 valence electrons. The van der Waals surface area contributed by atoms with Crippen LogP contribution < -0.4 is 5.32 Å². The Morgan fingerprint density at radius 3 is 2.80 bits per heavy atom. The summed E-state index contributed by atoms with van der Waals surface area (Å²) in [4.78, 5) is 4.41. The van der Waals surface area contributed by atoms with Gasteiger partial charge in [0.05, 0.1) is 5.41 Å². The predicted octanol–water partition coefficient (Wildman–Crippen LogP) is 1.41. The van der Waals surface area contributed by atoms with Crippen LogP contribution in [0.1, 0.15) is 37.9 Å². The van der Waals surface area contributed by atoms with Crippen LogP contribution >= 0.6 is 0 Å². The van der Waals surface area contributed by atoms with Gasteiger partial charge in [-0.25, -0.2) is 0 Å². The highest BCUT2D eigenvalue weighted by atomic mass is 16.5. The standard InChI is InChI=1S/C11H17N3O/c1-7-13-10(15-14-7)11(2)5-8-3-4-9(11)12-6-8/h8-9,12H,3-6H2,1-2H3. The summed E-state index contributed by atoms with van der Waals surface area (Å²) in [6.07, 6.45) is 3.77. The third kappa shape index (κ3) is 1.31. The predicted molar refractivity (Wildman–Crippen MR) is 55.5 cm³/mol. The van der Waals surface area contributed by atoms with Crippen LogP contribution in [-0.2, 0) is 5.41 Å². The van der Waals surface area contributed by atoms with Crippen molar-refractivity contribution >= 4 is 0 Å². The minimum Gasteiger partial charge on any atom is -0.339 e. The molecule has 3 aliphatic rings. The van der Waals surface area contributed by atoms with E-state index in [9.17, 15) is 0 Å². The number of hydrogen-bond acceptors (Lipinski definition) is 4. The fourth-order valence-corrected chi connectivity index (χ4v) is 3.14. The third-order valence-corrected chi connectivity index (χ3v) is 4.01. The van der Waals surface area contributed by atoms with Gasteiger partial charge in [0.25, 0.3) is 0 Å². The van der Waals surface area contributed by atoms with E-state index in [-0.39, 0.29) is 5.41 Å². The number of aromatic nitrogens is 2. The van der Waals surface area contributed by atoms with Crippen molar-refractivity contribution in [2.24, 2.45) is 5.92 Å². The topological polar surface area (TPSA) is 51.0 Å². The van der Waals surface area contributed by atoms with Gasteiger partial charge in [-0.05, 0) is 45.6 Å². The molecule has 3 atom stereocenters. The van der Waals surface area contributed by atoms with Crippen molar-refractivity contribution in [1.82, 2.24) is 15.5 Å². The summed E-state index contributed by atoms with van der Waals surface area (Å²) in [5, 5.41) is 7.50. The van der Waals surface area contributed by atoms with Gasteiger partial charge in [-0.2, -0.15) is 4.98 Å². The fourth-order valence-electron chi connectivity index (χ4n) is 3.14. The van der Waals surface area contributed by atoms with Crippen molar-refractivity contribution in [2.45, 2.75) is 44.6 Å². The first kappa shape index (κ1) is 9.33. The van der Waals surface area contributed by atoms with Gasteiger partial charge in [0.1, 0.15) is 0 Å². The fraction of sp³-hybridized carbons (Fsp3) is 0.818. The Morgan fingerprint density at radius 1 is 1.47 bits per heavy atom. The molecule has 1 saturated carbocycles. The van der Waals surface area contributed by atoms with Crippen LogP contribution in [0.4, 0.5) is 0 Å². The minimum absolute atomic E-state index is 0.0580. The second-order valence-electron chi connectivity index (χ2n) is 5.17. The molecule has 0 amide bonds. The van der Waals surface area contributed by atoms with Crippen LogP contribution in [0.2, 0.25) is 0 Å². The smallest absolute Gasteiger partial charge is 0.234 e. The van der Waals surface area contributed by atoms with Gasteiger partial charge in [-0.15, -0.1) is 0 Å². The summed E-state index contributed by atoms with van der Waals surface area (Å²) in [6.45, 7) is 5.29. The number of nitrogens with zero attached hydrogens (tertiary/aromatic N) is 2. The monoisotopic (exact) mass is 207 g/mol. The molecule has 4 nitrogen and oxygen atoms in total. The van der Waals surface area contributed by atoms with E-state index >= 15 is 0 Å². The number of nitrogens with one attached hydrogen (secondary N) is 1. The van der Waals surface area contributed by atoms with Gasteiger partial charge in [0.2, 0.25) is 5.89 Å². The molecule has 0 radical (unpaired) electrons. The maximum absolute atomic E-state index is 5.36. The first-order chi connectivity index (χ1) is 7.18. The molecule has 2 bridgehead atoms. The zero-order chi connectivity index (χ0) is 10.5. The maximum atomic E-state index is 5.36. The van der Waals surface area contributed by atoms with Crippen LogP contribution in [0.3, 0.4) is 0 Å². The van der Waals surface area contributed by atoms with E-state index in [4.69, 9.17) is 4.52 Å². The van der Waals surface area contributed by atoms with E-state index in [0.29, 0.717) is 6.04 Å². The number of fused-ring (bicyclic) bond motifs is 3. The lowest BCUT2D eigenvalue weighted by atomic mass is 9.64. The molecule has 3 fully saturated rings. The van der Waals surface area contributed by atoms with Crippen LogP contribution in [0.15, 0.2) is 4.52 Å². The summed E-state index contributed by atoms with van der Waals surface area (Å²) in [7, 11) is 0. The maximum Gasteiger partial charge on any atom is 0.234 e. The highest BCUT2D eigenvalue weighted by molar-refractivity contribution is 5.14. The van der Waals surface area contributed by atoms with Gasteiger partial charge >= 0.3 is 0 Å². The molecule has 2 saturated heterocycles. The van der Waals surface area contributed by atoms with Gasteiger partial charge in [-0.1, -0.05) is 5.16 Å². The average molecular weight is 207 g/mol. The normalized spacial score (nSPS) is 39.6. The van der Waals surface area contributed by atoms with Crippen molar-refractivity contribution in [2.75, 3.05) is 6.54 Å². The lowest BCUT2D eigenvalue weighted by Gasteiger charge is -2.48. The van der Waals surface area contributed by atoms with E-state index in [0.717, 1.165) is 24.2 Å². The van der Waals surface area contributed by atoms with Crippen molar-refractivity contribution in [3.63, 3.8) is 0 Å². The Hall–Kier alpha value is -0.900. The average Bonchev–Trinajstić information content (AvgIpc) is 2.67. The van der Waals surface area contributed by atoms with Crippen molar-refractivity contribution in [3.05, 3.63) is 11.7 Å². The first-order valence-electron chi connectivity index (χ1n) is 5.72. The van der Waals surface area contributed by atoms with Gasteiger partial charge in [0.15, 0.2) is 5.82 Å². The highest BCUT2D eigenvalue weighted by Crippen LogP contribution is 2.44. The Labute approximate surface area is 89.4 Å². The number of piperidine rings is 2. The Balaban J connectivity index is 1.96. The van der Waals surface area contributed by atoms with E-state index in [1.54, 1.807) is 0 Å². The molecule has 2 aliphatic heterocycles. The van der Waals surface area contributed by atoms with Crippen molar-refractivity contribution < 1.29 is 4.52 Å². The first-order valence-corrected chi connectivity index (χ1v) is 5.72. The molecule has 4 rings (SSSR count). The van der Waals surface area contributed by atoms with Gasteiger partial charge < -0.3 is 9.84 Å². The molecule has 1 aromatic rings. The Morgan fingerprint density at radius 2 is 2.33 bits per heavy atom. The second kappa shape index (κ2) is 3.04. The Bertz CT molecular complexity index is 368. The molecule has 3 heterocycles. The van der Waals surface area contributed by atoms with Crippen LogP contribution in [-0.4, -0.2) is 22.7 Å². The van der Waals surface area contributed by atoms with Crippen molar-refractivity contribution in [3.8, 4) is 0 Å². The summed E-state index contributed by atoms with van der Waals surface area (Å²) >= 11 is 0. The van der Waals surface area contributed by atoms with E-state index in [1.807, 2.05) is 6.92 Å². The van der Waals surface area contributed by atoms with E-state index < -0.39 is 0 Å². The minimum atomic E-state index is 0.0580. The molecule has 1 aromatic heterocycles. The highest BCUT2D eigenvalue weighted by Gasteiger charge is 2.48. The number of aryl methyl sites for hydroxylation is 1. The quantitative estimate of drug-likeness (QED) is 0.756. The molecule has 1 aliphatic carbocycles. The van der Waals surface area contributed by atoms with Crippen LogP contribution in [0.5, 0.6) is 0 Å². The van der Waals surface area contributed by atoms with Crippen molar-refractivity contribution in [1.29, 1.82) is 0 Å². The second-order valence-corrected chi connectivity index (χ2v) is 5.17. The molecule has 4 heteroatoms. The van der Waals surface area contributed by atoms with Gasteiger partial charge in [0, 0.05) is 6.04 Å². The lowest BCUT2D eigenvalue weighted by molar-refractivity contribution is 0.0883. The summed E-state index contributed by atoms with van der Waals surface area (Å²) in [5.41, 5.74) is 0.0580. The molecule has 1 N–H and O–H groups in total. The molecule has 0 aromatic carbocycles. The summed E-state index contributed by atoms with van der Waals surface area (Å²) in [5.74, 6) is 2.35. The molecular formula is C11H17N3O. The molecule has 3 unspecified atom stereocenters. The lowest BCUT2D eigenvalue weighted by Crippen LogP contribution is -2.58. The van der Waals surface area contributed by atoms with Gasteiger partial charge in [-0.3, -0.25) is 0 Å². The Kier molecular flexibility index (Phi) is 1.89. The number of rotatable bonds is 1. The SMILES string of the molecule is Cc1noc(C2(C)CC3CCC2NC3)n1. The van der Waals surface area contributed by atoms with Crippen LogP contribution in [0, 0.1) is 12.8 Å².